The van der Waals surface area contributed by atoms with Gasteiger partial charge in [-0.25, -0.2) is 0 Å². The Kier molecular flexibility index (Phi) is 2.58. The molecule has 19 heavy (non-hydrogen) atoms. The van der Waals surface area contributed by atoms with Gasteiger partial charge in [-0.3, -0.25) is 5.10 Å². The summed E-state index contributed by atoms with van der Waals surface area (Å²) in [5.74, 6) is 0. The summed E-state index contributed by atoms with van der Waals surface area (Å²) in [7, 11) is 0. The molecule has 1 saturated carbocycles. The van der Waals surface area contributed by atoms with Crippen LogP contribution >= 0.6 is 0 Å². The van der Waals surface area contributed by atoms with Crippen LogP contribution in [-0.4, -0.2) is 29.0 Å². The number of anilines is 2. The van der Waals surface area contributed by atoms with Gasteiger partial charge in [-0.15, -0.1) is 0 Å². The first-order valence-electron chi connectivity index (χ1n) is 6.00. The minimum Gasteiger partial charge on any atom is -0.397 e. The summed E-state index contributed by atoms with van der Waals surface area (Å²) in [5.41, 5.74) is 7.35. The number of rotatable bonds is 3. The Bertz CT molecular complexity index is 601. The van der Waals surface area contributed by atoms with Gasteiger partial charge in [0, 0.05) is 11.4 Å². The number of nitrogens with one attached hydrogen (secondary N) is 1. The van der Waals surface area contributed by atoms with Gasteiger partial charge in [0.15, 0.2) is 0 Å². The molecule has 0 atom stereocenters. The average molecular weight is 270 g/mol. The van der Waals surface area contributed by atoms with Crippen LogP contribution < -0.4 is 10.6 Å². The van der Waals surface area contributed by atoms with E-state index in [1.165, 1.54) is 4.90 Å². The predicted molar refractivity (Wildman–Crippen MR) is 66.9 cm³/mol. The SMILES string of the molecule is Nc1cc2cn[nH]c2cc1N(CC(F)(F)F)C1CC1. The van der Waals surface area contributed by atoms with E-state index in [0.717, 1.165) is 18.2 Å². The second kappa shape index (κ2) is 4.04. The van der Waals surface area contributed by atoms with Gasteiger partial charge in [0.25, 0.3) is 0 Å². The van der Waals surface area contributed by atoms with Gasteiger partial charge in [-0.2, -0.15) is 18.3 Å². The first-order chi connectivity index (χ1) is 8.94. The number of hydrogen-bond donors (Lipinski definition) is 2. The molecule has 4 nitrogen and oxygen atoms in total. The van der Waals surface area contributed by atoms with Crippen LogP contribution in [0, 0.1) is 0 Å². The molecule has 3 N–H and O–H groups in total. The molecule has 1 fully saturated rings. The fourth-order valence-electron chi connectivity index (χ4n) is 2.24. The minimum atomic E-state index is -4.24. The molecule has 2 aromatic rings. The molecule has 7 heteroatoms. The largest absolute Gasteiger partial charge is 0.405 e. The molecule has 1 aliphatic rings. The van der Waals surface area contributed by atoms with E-state index in [1.54, 1.807) is 18.3 Å². The van der Waals surface area contributed by atoms with Gasteiger partial charge in [0.1, 0.15) is 6.54 Å². The van der Waals surface area contributed by atoms with Crippen molar-refractivity contribution in [1.29, 1.82) is 0 Å². The third-order valence-electron chi connectivity index (χ3n) is 3.23. The Balaban J connectivity index is 2.01. The molecule has 1 aromatic carbocycles. The highest BCUT2D eigenvalue weighted by Crippen LogP contribution is 2.38. The number of aromatic amines is 1. The molecule has 0 amide bonds. The van der Waals surface area contributed by atoms with Gasteiger partial charge in [0.05, 0.1) is 23.1 Å². The van der Waals surface area contributed by atoms with E-state index >= 15 is 0 Å². The monoisotopic (exact) mass is 270 g/mol. The van der Waals surface area contributed by atoms with Crippen LogP contribution in [-0.2, 0) is 0 Å². The number of H-pyrrole nitrogens is 1. The molecule has 0 saturated heterocycles. The van der Waals surface area contributed by atoms with E-state index in [9.17, 15) is 13.2 Å². The molecule has 102 valence electrons. The molecule has 0 bridgehead atoms. The molecule has 1 aliphatic carbocycles. The van der Waals surface area contributed by atoms with Crippen LogP contribution in [0.3, 0.4) is 0 Å². The van der Waals surface area contributed by atoms with Crippen LogP contribution in [0.25, 0.3) is 10.9 Å². The molecular weight excluding hydrogens is 257 g/mol. The zero-order valence-electron chi connectivity index (χ0n) is 10.0. The molecule has 0 radical (unpaired) electrons. The zero-order chi connectivity index (χ0) is 13.6. The summed E-state index contributed by atoms with van der Waals surface area (Å²) in [6.07, 6.45) is -1.09. The number of nitrogen functional groups attached to an aromatic ring is 1. The van der Waals surface area contributed by atoms with Gasteiger partial charge in [-0.1, -0.05) is 0 Å². The maximum atomic E-state index is 12.7. The third kappa shape index (κ3) is 2.45. The van der Waals surface area contributed by atoms with Crippen molar-refractivity contribution < 1.29 is 13.2 Å². The van der Waals surface area contributed by atoms with Crippen molar-refractivity contribution in [1.82, 2.24) is 10.2 Å². The minimum absolute atomic E-state index is 0.0655. The number of hydrogen-bond acceptors (Lipinski definition) is 3. The second-order valence-electron chi connectivity index (χ2n) is 4.84. The second-order valence-corrected chi connectivity index (χ2v) is 4.84. The van der Waals surface area contributed by atoms with Crippen molar-refractivity contribution in [2.24, 2.45) is 0 Å². The molecule has 1 heterocycles. The van der Waals surface area contributed by atoms with Gasteiger partial charge >= 0.3 is 6.18 Å². The van der Waals surface area contributed by atoms with Crippen LogP contribution in [0.15, 0.2) is 18.3 Å². The van der Waals surface area contributed by atoms with E-state index in [2.05, 4.69) is 10.2 Å². The molecule has 0 unspecified atom stereocenters. The van der Waals surface area contributed by atoms with Crippen LogP contribution in [0.5, 0.6) is 0 Å². The van der Waals surface area contributed by atoms with Crippen molar-refractivity contribution in [2.75, 3.05) is 17.2 Å². The summed E-state index contributed by atoms with van der Waals surface area (Å²) in [6, 6.07) is 3.23. The molecular formula is C12H13F3N4. The van der Waals surface area contributed by atoms with Gasteiger partial charge in [-0.05, 0) is 25.0 Å². The van der Waals surface area contributed by atoms with Crippen molar-refractivity contribution in [3.63, 3.8) is 0 Å². The first-order valence-corrected chi connectivity index (χ1v) is 6.00. The lowest BCUT2D eigenvalue weighted by atomic mass is 10.2. The van der Waals surface area contributed by atoms with E-state index in [1.807, 2.05) is 0 Å². The lowest BCUT2D eigenvalue weighted by molar-refractivity contribution is -0.119. The number of halogens is 3. The number of alkyl halides is 3. The summed E-state index contributed by atoms with van der Waals surface area (Å²) >= 11 is 0. The smallest absolute Gasteiger partial charge is 0.397 e. The Morgan fingerprint density at radius 1 is 1.37 bits per heavy atom. The molecule has 0 spiro atoms. The van der Waals surface area contributed by atoms with Crippen molar-refractivity contribution in [3.05, 3.63) is 18.3 Å². The lowest BCUT2D eigenvalue weighted by Crippen LogP contribution is -2.36. The lowest BCUT2D eigenvalue weighted by Gasteiger charge is -2.27. The maximum absolute atomic E-state index is 12.7. The Morgan fingerprint density at radius 3 is 2.74 bits per heavy atom. The van der Waals surface area contributed by atoms with E-state index in [0.29, 0.717) is 16.9 Å². The number of nitrogens with zero attached hydrogens (tertiary/aromatic N) is 2. The van der Waals surface area contributed by atoms with Crippen molar-refractivity contribution >= 4 is 22.3 Å². The van der Waals surface area contributed by atoms with Crippen molar-refractivity contribution in [2.45, 2.75) is 25.1 Å². The molecule has 0 aliphatic heterocycles. The van der Waals surface area contributed by atoms with Gasteiger partial charge < -0.3 is 10.6 Å². The standard InChI is InChI=1S/C12H13F3N4/c13-12(14,15)6-19(8-1-2-8)11-4-10-7(3-9(11)16)5-17-18-10/h3-5,8H,1-2,6,16H2,(H,17,18). The van der Waals surface area contributed by atoms with Crippen molar-refractivity contribution in [3.8, 4) is 0 Å². The molecule has 3 rings (SSSR count). The Morgan fingerprint density at radius 2 is 2.11 bits per heavy atom. The fraction of sp³-hybridized carbons (Fsp3) is 0.417. The third-order valence-corrected chi connectivity index (χ3v) is 3.23. The first kappa shape index (κ1) is 12.1. The van der Waals surface area contributed by atoms with Gasteiger partial charge in [0.2, 0.25) is 0 Å². The highest BCUT2D eigenvalue weighted by Gasteiger charge is 2.38. The number of aromatic nitrogens is 2. The average Bonchev–Trinajstić information content (AvgIpc) is 3.04. The van der Waals surface area contributed by atoms with Crippen LogP contribution in [0.4, 0.5) is 24.5 Å². The number of benzene rings is 1. The topological polar surface area (TPSA) is 57.9 Å². The summed E-state index contributed by atoms with van der Waals surface area (Å²) < 4.78 is 38.0. The Hall–Kier alpha value is -1.92. The highest BCUT2D eigenvalue weighted by molar-refractivity contribution is 5.89. The molecule has 1 aromatic heterocycles. The van der Waals surface area contributed by atoms with Crippen LogP contribution in [0.1, 0.15) is 12.8 Å². The van der Waals surface area contributed by atoms with E-state index in [-0.39, 0.29) is 6.04 Å². The normalized spacial score (nSPS) is 15.9. The number of fused-ring (bicyclic) bond motifs is 1. The fourth-order valence-corrected chi connectivity index (χ4v) is 2.24. The summed E-state index contributed by atoms with van der Waals surface area (Å²) in [5, 5.41) is 7.40. The Labute approximate surface area is 107 Å². The van der Waals surface area contributed by atoms with E-state index < -0.39 is 12.7 Å². The predicted octanol–water partition coefficient (Wildman–Crippen LogP) is 2.68. The number of nitrogens with two attached hydrogens (primary N) is 1. The quantitative estimate of drug-likeness (QED) is 0.843. The summed E-state index contributed by atoms with van der Waals surface area (Å²) in [4.78, 5) is 1.34. The summed E-state index contributed by atoms with van der Waals surface area (Å²) in [6.45, 7) is -0.971. The van der Waals surface area contributed by atoms with E-state index in [4.69, 9.17) is 5.73 Å². The zero-order valence-corrected chi connectivity index (χ0v) is 10.0. The highest BCUT2D eigenvalue weighted by atomic mass is 19.4. The maximum Gasteiger partial charge on any atom is 0.405 e. The van der Waals surface area contributed by atoms with Crippen LogP contribution in [0.2, 0.25) is 0 Å².